The van der Waals surface area contributed by atoms with E-state index >= 15 is 0 Å². The second kappa shape index (κ2) is 9.54. The summed E-state index contributed by atoms with van der Waals surface area (Å²) >= 11 is 6.82. The molecule has 160 valence electrons. The maximum Gasteiger partial charge on any atom is 0.417 e. The van der Waals surface area contributed by atoms with Crippen molar-refractivity contribution in [2.45, 2.75) is 23.6 Å². The molecule has 0 atom stereocenters. The first-order chi connectivity index (χ1) is 14.7. The molecule has 0 unspecified atom stereocenters. The van der Waals surface area contributed by atoms with E-state index in [1.54, 1.807) is 30.3 Å². The molecule has 0 aliphatic carbocycles. The molecule has 2 aromatic carbocycles. The topological polar surface area (TPSA) is 45.9 Å². The Balaban J connectivity index is 2.00. The molecule has 1 aromatic heterocycles. The smallest absolute Gasteiger partial charge is 0.417 e. The fourth-order valence-corrected chi connectivity index (χ4v) is 3.73. The molecule has 1 heterocycles. The molecule has 0 spiro atoms. The largest absolute Gasteiger partial charge is 0.435 e. The minimum absolute atomic E-state index is 0.0477. The van der Waals surface area contributed by atoms with Crippen molar-refractivity contribution in [2.75, 3.05) is 0 Å². The van der Waals surface area contributed by atoms with Crippen LogP contribution in [-0.4, -0.2) is 11.6 Å². The van der Waals surface area contributed by atoms with Crippen molar-refractivity contribution < 1.29 is 26.7 Å². The Kier molecular flexibility index (Phi) is 7.03. The van der Waals surface area contributed by atoms with Crippen LogP contribution < -0.4 is 4.74 Å². The SMILES string of the molecule is N#Cc1c(C(F)(F)F)cc(-c2ccc(OC(F)F)cc2)nc1SCc1ccc(Cl)cc1. The number of benzene rings is 2. The predicted molar refractivity (Wildman–Crippen MR) is 107 cm³/mol. The molecule has 3 aromatic rings. The van der Waals surface area contributed by atoms with Gasteiger partial charge < -0.3 is 4.74 Å². The summed E-state index contributed by atoms with van der Waals surface area (Å²) in [7, 11) is 0. The number of aromatic nitrogens is 1. The van der Waals surface area contributed by atoms with Crippen LogP contribution in [0.4, 0.5) is 22.0 Å². The van der Waals surface area contributed by atoms with Gasteiger partial charge in [-0.15, -0.1) is 11.8 Å². The summed E-state index contributed by atoms with van der Waals surface area (Å²) in [4.78, 5) is 4.24. The van der Waals surface area contributed by atoms with Crippen LogP contribution >= 0.6 is 23.4 Å². The minimum atomic E-state index is -4.78. The number of nitriles is 1. The summed E-state index contributed by atoms with van der Waals surface area (Å²) in [5, 5.41) is 9.80. The average Bonchev–Trinajstić information content (AvgIpc) is 2.72. The summed E-state index contributed by atoms with van der Waals surface area (Å²) in [6.07, 6.45) is -4.78. The molecule has 0 fully saturated rings. The van der Waals surface area contributed by atoms with Gasteiger partial charge in [0, 0.05) is 16.3 Å². The van der Waals surface area contributed by atoms with E-state index in [9.17, 15) is 27.2 Å². The fourth-order valence-electron chi connectivity index (χ4n) is 2.65. The molecule has 0 aliphatic heterocycles. The number of ether oxygens (including phenoxy) is 1. The van der Waals surface area contributed by atoms with Gasteiger partial charge >= 0.3 is 12.8 Å². The average molecular weight is 471 g/mol. The van der Waals surface area contributed by atoms with Crippen LogP contribution in [0.3, 0.4) is 0 Å². The molecule has 0 radical (unpaired) electrons. The van der Waals surface area contributed by atoms with E-state index in [1.807, 2.05) is 0 Å². The second-order valence-electron chi connectivity index (χ2n) is 6.16. The van der Waals surface area contributed by atoms with Crippen molar-refractivity contribution >= 4 is 23.4 Å². The lowest BCUT2D eigenvalue weighted by atomic mass is 10.1. The molecule has 31 heavy (non-hydrogen) atoms. The molecule has 0 bridgehead atoms. The van der Waals surface area contributed by atoms with E-state index in [0.29, 0.717) is 5.02 Å². The third-order valence-electron chi connectivity index (χ3n) is 4.07. The van der Waals surface area contributed by atoms with Gasteiger partial charge in [0.1, 0.15) is 16.8 Å². The quantitative estimate of drug-likeness (QED) is 0.282. The summed E-state index contributed by atoms with van der Waals surface area (Å²) in [5.41, 5.74) is -0.703. The van der Waals surface area contributed by atoms with Crippen LogP contribution in [-0.2, 0) is 11.9 Å². The first-order valence-electron chi connectivity index (χ1n) is 8.62. The number of thioether (sulfide) groups is 1. The summed E-state index contributed by atoms with van der Waals surface area (Å²) in [5.74, 6) is 0.126. The summed E-state index contributed by atoms with van der Waals surface area (Å²) in [6.45, 7) is -3.02. The Morgan fingerprint density at radius 1 is 1.06 bits per heavy atom. The molecule has 0 aliphatic rings. The van der Waals surface area contributed by atoms with Gasteiger partial charge in [0.25, 0.3) is 0 Å². The number of alkyl halides is 5. The standard InChI is InChI=1S/C21H12ClF5N2OS/c22-14-5-1-12(2-6-14)11-31-19-16(10-28)17(21(25,26)27)9-18(29-19)13-3-7-15(8-4-13)30-20(23)24/h1-9,20H,11H2. The Morgan fingerprint density at radius 2 is 1.71 bits per heavy atom. The van der Waals surface area contributed by atoms with E-state index in [-0.39, 0.29) is 27.8 Å². The third kappa shape index (κ3) is 5.87. The lowest BCUT2D eigenvalue weighted by molar-refractivity contribution is -0.138. The monoisotopic (exact) mass is 470 g/mol. The van der Waals surface area contributed by atoms with E-state index in [0.717, 1.165) is 23.4 Å². The number of halogens is 6. The molecule has 0 amide bonds. The highest BCUT2D eigenvalue weighted by molar-refractivity contribution is 7.98. The highest BCUT2D eigenvalue weighted by atomic mass is 35.5. The van der Waals surface area contributed by atoms with Gasteiger partial charge in [0.15, 0.2) is 0 Å². The molecule has 3 nitrogen and oxygen atoms in total. The maximum atomic E-state index is 13.6. The third-order valence-corrected chi connectivity index (χ3v) is 5.37. The van der Waals surface area contributed by atoms with Crippen molar-refractivity contribution in [1.29, 1.82) is 5.26 Å². The minimum Gasteiger partial charge on any atom is -0.435 e. The number of nitrogens with zero attached hydrogens (tertiary/aromatic N) is 2. The van der Waals surface area contributed by atoms with Crippen molar-refractivity contribution in [1.82, 2.24) is 4.98 Å². The Labute approximate surface area is 183 Å². The Morgan fingerprint density at radius 3 is 2.26 bits per heavy atom. The van der Waals surface area contributed by atoms with Gasteiger partial charge in [0.2, 0.25) is 0 Å². The molecular formula is C21H12ClF5N2OS. The fraction of sp³-hybridized carbons (Fsp3) is 0.143. The van der Waals surface area contributed by atoms with Crippen molar-refractivity contribution in [3.8, 4) is 23.1 Å². The van der Waals surface area contributed by atoms with Gasteiger partial charge in [-0.05, 0) is 48.0 Å². The molecule has 0 N–H and O–H groups in total. The summed E-state index contributed by atoms with van der Waals surface area (Å²) in [6, 6.07) is 14.2. The van der Waals surface area contributed by atoms with Gasteiger partial charge in [-0.2, -0.15) is 27.2 Å². The van der Waals surface area contributed by atoms with Crippen LogP contribution in [0.5, 0.6) is 5.75 Å². The van der Waals surface area contributed by atoms with Crippen LogP contribution in [0, 0.1) is 11.3 Å². The maximum absolute atomic E-state index is 13.6. The number of rotatable bonds is 6. The van der Waals surface area contributed by atoms with Crippen LogP contribution in [0.25, 0.3) is 11.3 Å². The van der Waals surface area contributed by atoms with Gasteiger partial charge in [-0.3, -0.25) is 0 Å². The zero-order chi connectivity index (χ0) is 22.6. The molecule has 0 saturated carbocycles. The first kappa shape index (κ1) is 22.8. The lowest BCUT2D eigenvalue weighted by Gasteiger charge is -2.14. The molecule has 0 saturated heterocycles. The van der Waals surface area contributed by atoms with E-state index in [1.165, 1.54) is 24.3 Å². The molecule has 10 heteroatoms. The van der Waals surface area contributed by atoms with Crippen LogP contribution in [0.15, 0.2) is 59.6 Å². The van der Waals surface area contributed by atoms with Crippen molar-refractivity contribution in [2.24, 2.45) is 0 Å². The Hall–Kier alpha value is -2.83. The van der Waals surface area contributed by atoms with Crippen LogP contribution in [0.1, 0.15) is 16.7 Å². The predicted octanol–water partition coefficient (Wildman–Crippen LogP) is 7.19. The number of hydrogen-bond acceptors (Lipinski definition) is 4. The van der Waals surface area contributed by atoms with Crippen molar-refractivity contribution in [3.63, 3.8) is 0 Å². The zero-order valence-electron chi connectivity index (χ0n) is 15.5. The molecular weight excluding hydrogens is 459 g/mol. The Bertz CT molecular complexity index is 1100. The van der Waals surface area contributed by atoms with Crippen molar-refractivity contribution in [3.05, 3.63) is 76.3 Å². The number of hydrogen-bond donors (Lipinski definition) is 0. The molecule has 3 rings (SSSR count). The van der Waals surface area contributed by atoms with Gasteiger partial charge in [0.05, 0.1) is 16.8 Å². The van der Waals surface area contributed by atoms with Crippen LogP contribution in [0.2, 0.25) is 5.02 Å². The van der Waals surface area contributed by atoms with E-state index < -0.39 is 23.9 Å². The number of pyridine rings is 1. The first-order valence-corrected chi connectivity index (χ1v) is 9.98. The van der Waals surface area contributed by atoms with E-state index in [4.69, 9.17) is 11.6 Å². The zero-order valence-corrected chi connectivity index (χ0v) is 17.0. The van der Waals surface area contributed by atoms with Gasteiger partial charge in [-0.1, -0.05) is 23.7 Å². The summed E-state index contributed by atoms with van der Waals surface area (Å²) < 4.78 is 69.7. The normalized spacial score (nSPS) is 11.4. The van der Waals surface area contributed by atoms with E-state index in [2.05, 4.69) is 9.72 Å². The second-order valence-corrected chi connectivity index (χ2v) is 7.56. The lowest BCUT2D eigenvalue weighted by Crippen LogP contribution is -2.10. The van der Waals surface area contributed by atoms with Gasteiger partial charge in [-0.25, -0.2) is 4.98 Å². The highest BCUT2D eigenvalue weighted by Crippen LogP contribution is 2.39. The highest BCUT2D eigenvalue weighted by Gasteiger charge is 2.36.